The van der Waals surface area contributed by atoms with Crippen LogP contribution in [0.5, 0.6) is 0 Å². The van der Waals surface area contributed by atoms with Gasteiger partial charge in [0, 0.05) is 25.6 Å². The minimum atomic E-state index is -3.38. The number of hydrogen-bond donors (Lipinski definition) is 1. The van der Waals surface area contributed by atoms with E-state index in [0.717, 1.165) is 0 Å². The Labute approximate surface area is 109 Å². The topological polar surface area (TPSA) is 83.9 Å². The van der Waals surface area contributed by atoms with Gasteiger partial charge in [-0.25, -0.2) is 8.42 Å². The number of sulfonamides is 1. The van der Waals surface area contributed by atoms with Gasteiger partial charge in [0.15, 0.2) is 0 Å². The predicted octanol–water partition coefficient (Wildman–Crippen LogP) is 0.362. The normalized spacial score (nSPS) is 12.1. The van der Waals surface area contributed by atoms with Gasteiger partial charge < -0.3 is 9.84 Å². The molecule has 0 aliphatic rings. The second-order valence-corrected chi connectivity index (χ2v) is 6.32. The lowest BCUT2D eigenvalue weighted by Gasteiger charge is -2.25. The molecule has 0 bridgehead atoms. The summed E-state index contributed by atoms with van der Waals surface area (Å²) >= 11 is 0. The molecule has 0 radical (unpaired) electrons. The highest BCUT2D eigenvalue weighted by Crippen LogP contribution is 2.10. The van der Waals surface area contributed by atoms with Crippen LogP contribution in [0.3, 0.4) is 0 Å². The summed E-state index contributed by atoms with van der Waals surface area (Å²) in [4.78, 5) is 10.9. The molecule has 0 aromatic rings. The van der Waals surface area contributed by atoms with Crippen molar-refractivity contribution in [2.24, 2.45) is 0 Å². The maximum absolute atomic E-state index is 12.0. The zero-order valence-electron chi connectivity index (χ0n) is 11.3. The second kappa shape index (κ2) is 8.44. The number of esters is 1. The molecule has 108 valence electrons. The van der Waals surface area contributed by atoms with Crippen molar-refractivity contribution in [3.63, 3.8) is 0 Å². The minimum Gasteiger partial charge on any atom is -0.469 e. The molecule has 0 fully saturated rings. The number of methoxy groups -OCH3 is 1. The monoisotopic (exact) mass is 281 g/mol. The largest absolute Gasteiger partial charge is 0.469 e. The average molecular weight is 281 g/mol. The van der Waals surface area contributed by atoms with E-state index in [4.69, 9.17) is 5.11 Å². The molecule has 0 spiro atoms. The van der Waals surface area contributed by atoms with E-state index in [2.05, 4.69) is 4.74 Å². The highest BCUT2D eigenvalue weighted by molar-refractivity contribution is 7.89. The van der Waals surface area contributed by atoms with Gasteiger partial charge in [-0.3, -0.25) is 4.79 Å². The molecule has 18 heavy (non-hydrogen) atoms. The number of ether oxygens (including phenoxy) is 1. The van der Waals surface area contributed by atoms with Crippen LogP contribution in [-0.2, 0) is 19.6 Å². The van der Waals surface area contributed by atoms with Crippen molar-refractivity contribution < 1.29 is 23.1 Å². The number of carbonyl (C=O) groups excluding carboxylic acids is 1. The van der Waals surface area contributed by atoms with Crippen LogP contribution in [0, 0.1) is 0 Å². The molecular formula is C11H23NO5S. The number of carbonyl (C=O) groups is 1. The lowest BCUT2D eigenvalue weighted by atomic mass is 10.3. The first-order chi connectivity index (χ1) is 8.35. The summed E-state index contributed by atoms with van der Waals surface area (Å²) in [6, 6.07) is -0.153. The summed E-state index contributed by atoms with van der Waals surface area (Å²) in [5.41, 5.74) is 0. The molecule has 7 heteroatoms. The first-order valence-electron chi connectivity index (χ1n) is 6.02. The first kappa shape index (κ1) is 17.3. The van der Waals surface area contributed by atoms with Crippen molar-refractivity contribution in [3.8, 4) is 0 Å². The Bertz CT molecular complexity index is 339. The van der Waals surface area contributed by atoms with E-state index in [1.54, 1.807) is 13.8 Å². The number of rotatable bonds is 9. The van der Waals surface area contributed by atoms with Crippen molar-refractivity contribution >= 4 is 16.0 Å². The minimum absolute atomic E-state index is 0.0408. The second-order valence-electron chi connectivity index (χ2n) is 4.28. The lowest BCUT2D eigenvalue weighted by molar-refractivity contribution is -0.140. The van der Waals surface area contributed by atoms with E-state index >= 15 is 0 Å². The van der Waals surface area contributed by atoms with E-state index in [1.807, 2.05) is 0 Å². The Morgan fingerprint density at radius 1 is 1.33 bits per heavy atom. The van der Waals surface area contributed by atoms with Gasteiger partial charge in [-0.2, -0.15) is 4.31 Å². The Morgan fingerprint density at radius 3 is 2.39 bits per heavy atom. The summed E-state index contributed by atoms with van der Waals surface area (Å²) in [6.45, 7) is 3.83. The summed E-state index contributed by atoms with van der Waals surface area (Å²) in [5, 5.41) is 8.76. The molecule has 0 heterocycles. The quantitative estimate of drug-likeness (QED) is 0.617. The Kier molecular flexibility index (Phi) is 8.13. The third-order valence-corrected chi connectivity index (χ3v) is 4.60. The molecule has 0 rings (SSSR count). The molecule has 0 unspecified atom stereocenters. The van der Waals surface area contributed by atoms with Crippen LogP contribution in [0.2, 0.25) is 0 Å². The molecule has 0 saturated heterocycles. The number of hydrogen-bond acceptors (Lipinski definition) is 5. The van der Waals surface area contributed by atoms with Crippen LogP contribution in [0.25, 0.3) is 0 Å². The third kappa shape index (κ3) is 6.32. The predicted molar refractivity (Wildman–Crippen MR) is 68.6 cm³/mol. The van der Waals surface area contributed by atoms with Crippen molar-refractivity contribution in [3.05, 3.63) is 0 Å². The van der Waals surface area contributed by atoms with Gasteiger partial charge >= 0.3 is 5.97 Å². The highest BCUT2D eigenvalue weighted by Gasteiger charge is 2.24. The van der Waals surface area contributed by atoms with Crippen LogP contribution in [0.1, 0.15) is 33.1 Å². The SMILES string of the molecule is COC(=O)CCCS(=O)(=O)N(CCCO)C(C)C. The molecule has 0 amide bonds. The third-order valence-electron chi connectivity index (χ3n) is 2.48. The van der Waals surface area contributed by atoms with E-state index < -0.39 is 16.0 Å². The lowest BCUT2D eigenvalue weighted by Crippen LogP contribution is -2.39. The van der Waals surface area contributed by atoms with Crippen molar-refractivity contribution in [2.45, 2.75) is 39.2 Å². The zero-order chi connectivity index (χ0) is 14.2. The number of aliphatic hydroxyl groups is 1. The van der Waals surface area contributed by atoms with Crippen LogP contribution in [0.4, 0.5) is 0 Å². The summed E-state index contributed by atoms with van der Waals surface area (Å²) in [7, 11) is -2.11. The Balaban J connectivity index is 4.41. The maximum atomic E-state index is 12.0. The molecular weight excluding hydrogens is 258 g/mol. The molecule has 0 aromatic heterocycles. The smallest absolute Gasteiger partial charge is 0.305 e. The molecule has 0 atom stereocenters. The fourth-order valence-corrected chi connectivity index (χ4v) is 3.36. The summed E-state index contributed by atoms with van der Waals surface area (Å²) in [6.07, 6.45) is 0.757. The zero-order valence-corrected chi connectivity index (χ0v) is 12.1. The van der Waals surface area contributed by atoms with Gasteiger partial charge in [0.1, 0.15) is 0 Å². The van der Waals surface area contributed by atoms with Gasteiger partial charge in [0.05, 0.1) is 12.9 Å². The number of nitrogens with zero attached hydrogens (tertiary/aromatic N) is 1. The molecule has 1 N–H and O–H groups in total. The summed E-state index contributed by atoms with van der Waals surface area (Å²) in [5.74, 6) is -0.484. The fourth-order valence-electron chi connectivity index (χ4n) is 1.56. The van der Waals surface area contributed by atoms with Crippen molar-refractivity contribution in [2.75, 3.05) is 26.0 Å². The summed E-state index contributed by atoms with van der Waals surface area (Å²) < 4.78 is 29.9. The van der Waals surface area contributed by atoms with Gasteiger partial charge in [-0.15, -0.1) is 0 Å². The van der Waals surface area contributed by atoms with E-state index in [-0.39, 0.29) is 31.2 Å². The number of aliphatic hydroxyl groups excluding tert-OH is 1. The highest BCUT2D eigenvalue weighted by atomic mass is 32.2. The first-order valence-corrected chi connectivity index (χ1v) is 7.63. The van der Waals surface area contributed by atoms with Gasteiger partial charge in [0.25, 0.3) is 0 Å². The fraction of sp³-hybridized carbons (Fsp3) is 0.909. The molecule has 0 aromatic carbocycles. The molecule has 0 saturated carbocycles. The van der Waals surface area contributed by atoms with Crippen LogP contribution in [0.15, 0.2) is 0 Å². The van der Waals surface area contributed by atoms with Crippen LogP contribution >= 0.6 is 0 Å². The van der Waals surface area contributed by atoms with E-state index in [0.29, 0.717) is 13.0 Å². The Hall–Kier alpha value is -0.660. The van der Waals surface area contributed by atoms with Crippen LogP contribution in [-0.4, -0.2) is 55.9 Å². The molecule has 6 nitrogen and oxygen atoms in total. The Morgan fingerprint density at radius 2 is 1.94 bits per heavy atom. The van der Waals surface area contributed by atoms with Crippen molar-refractivity contribution in [1.29, 1.82) is 0 Å². The van der Waals surface area contributed by atoms with Crippen LogP contribution < -0.4 is 0 Å². The van der Waals surface area contributed by atoms with Gasteiger partial charge in [-0.05, 0) is 26.7 Å². The van der Waals surface area contributed by atoms with Gasteiger partial charge in [-0.1, -0.05) is 0 Å². The average Bonchev–Trinajstić information content (AvgIpc) is 2.28. The molecule has 0 aliphatic heterocycles. The van der Waals surface area contributed by atoms with Gasteiger partial charge in [0.2, 0.25) is 10.0 Å². The molecule has 0 aliphatic carbocycles. The van der Waals surface area contributed by atoms with E-state index in [9.17, 15) is 13.2 Å². The van der Waals surface area contributed by atoms with E-state index in [1.165, 1.54) is 11.4 Å². The maximum Gasteiger partial charge on any atom is 0.305 e. The standard InChI is InChI=1S/C11H23NO5S/c1-10(2)12(7-5-8-13)18(15,16)9-4-6-11(14)17-3/h10,13H,4-9H2,1-3H3. The van der Waals surface area contributed by atoms with Crippen molar-refractivity contribution in [1.82, 2.24) is 4.31 Å².